The van der Waals surface area contributed by atoms with Crippen molar-refractivity contribution < 1.29 is 13.2 Å². The third-order valence-corrected chi connectivity index (χ3v) is 5.86. The lowest BCUT2D eigenvalue weighted by Crippen LogP contribution is -2.48. The Hall–Kier alpha value is -0.210. The fraction of sp³-hybridized carbons (Fsp3) is 1.00. The second-order valence-corrected chi connectivity index (χ2v) is 7.87. The van der Waals surface area contributed by atoms with Gasteiger partial charge in [0, 0.05) is 26.2 Å². The molecular weight excluding hydrogens is 290 g/mol. The summed E-state index contributed by atoms with van der Waals surface area (Å²) in [4.78, 5) is 0. The van der Waals surface area contributed by atoms with E-state index >= 15 is 0 Å². The summed E-state index contributed by atoms with van der Waals surface area (Å²) in [6.45, 7) is 7.15. The topological polar surface area (TPSA) is 70.7 Å². The highest BCUT2D eigenvalue weighted by Gasteiger charge is 2.29. The van der Waals surface area contributed by atoms with Crippen molar-refractivity contribution >= 4 is 10.2 Å². The van der Waals surface area contributed by atoms with Gasteiger partial charge in [0.25, 0.3) is 10.2 Å². The van der Waals surface area contributed by atoms with E-state index < -0.39 is 10.2 Å². The molecule has 2 aliphatic rings. The van der Waals surface area contributed by atoms with Crippen molar-refractivity contribution in [2.75, 3.05) is 45.9 Å². The van der Waals surface area contributed by atoms with Crippen LogP contribution in [0.15, 0.2) is 0 Å². The van der Waals surface area contributed by atoms with Crippen molar-refractivity contribution in [1.82, 2.24) is 14.3 Å². The summed E-state index contributed by atoms with van der Waals surface area (Å²) in [6.07, 6.45) is 4.13. The van der Waals surface area contributed by atoms with Gasteiger partial charge >= 0.3 is 0 Å². The zero-order valence-corrected chi connectivity index (χ0v) is 13.8. The third-order valence-electron chi connectivity index (χ3n) is 4.31. The molecule has 2 fully saturated rings. The Balaban J connectivity index is 1.80. The molecule has 2 rings (SSSR count). The number of nitrogens with zero attached hydrogens (tertiary/aromatic N) is 1. The fourth-order valence-electron chi connectivity index (χ4n) is 3.04. The van der Waals surface area contributed by atoms with Gasteiger partial charge in [-0.3, -0.25) is 0 Å². The van der Waals surface area contributed by atoms with Crippen LogP contribution < -0.4 is 10.0 Å². The molecule has 0 aromatic carbocycles. The number of hydrogen-bond acceptors (Lipinski definition) is 4. The average molecular weight is 319 g/mol. The maximum Gasteiger partial charge on any atom is 0.279 e. The Labute approximate surface area is 128 Å². The van der Waals surface area contributed by atoms with Crippen molar-refractivity contribution in [2.45, 2.75) is 32.6 Å². The van der Waals surface area contributed by atoms with Crippen LogP contribution in [-0.4, -0.2) is 58.7 Å². The molecule has 124 valence electrons. The molecule has 0 spiro atoms. The molecule has 0 saturated carbocycles. The van der Waals surface area contributed by atoms with E-state index in [1.54, 1.807) is 4.31 Å². The maximum atomic E-state index is 12.4. The molecule has 0 aromatic rings. The fourth-order valence-corrected chi connectivity index (χ4v) is 4.45. The molecule has 2 unspecified atom stereocenters. The molecule has 0 aromatic heterocycles. The van der Waals surface area contributed by atoms with Crippen LogP contribution in [0.2, 0.25) is 0 Å². The van der Waals surface area contributed by atoms with Crippen LogP contribution >= 0.6 is 0 Å². The summed E-state index contributed by atoms with van der Waals surface area (Å²) < 4.78 is 34.6. The van der Waals surface area contributed by atoms with Gasteiger partial charge in [-0.25, -0.2) is 4.72 Å². The molecular formula is C14H29N3O3S. The van der Waals surface area contributed by atoms with Gasteiger partial charge in [0.1, 0.15) is 0 Å². The lowest BCUT2D eigenvalue weighted by molar-refractivity contribution is 0.0566. The Bertz CT molecular complexity index is 396. The van der Waals surface area contributed by atoms with E-state index in [2.05, 4.69) is 17.0 Å². The van der Waals surface area contributed by atoms with E-state index in [0.717, 1.165) is 45.4 Å². The van der Waals surface area contributed by atoms with Crippen LogP contribution in [0.25, 0.3) is 0 Å². The smallest absolute Gasteiger partial charge is 0.279 e. The monoisotopic (exact) mass is 319 g/mol. The van der Waals surface area contributed by atoms with Crippen LogP contribution in [0, 0.1) is 11.8 Å². The van der Waals surface area contributed by atoms with Gasteiger partial charge in [-0.15, -0.1) is 0 Å². The summed E-state index contributed by atoms with van der Waals surface area (Å²) in [5.74, 6) is 0.740. The van der Waals surface area contributed by atoms with Gasteiger partial charge in [0.15, 0.2) is 0 Å². The quantitative estimate of drug-likeness (QED) is 0.720. The average Bonchev–Trinajstić information content (AvgIpc) is 2.52. The zero-order valence-electron chi connectivity index (χ0n) is 13.0. The third kappa shape index (κ3) is 5.49. The summed E-state index contributed by atoms with van der Waals surface area (Å²) in [5, 5.41) is 3.32. The molecule has 2 saturated heterocycles. The van der Waals surface area contributed by atoms with Gasteiger partial charge in [0.2, 0.25) is 0 Å². The molecule has 2 heterocycles. The number of rotatable bonds is 7. The van der Waals surface area contributed by atoms with Crippen molar-refractivity contribution in [2.24, 2.45) is 11.8 Å². The van der Waals surface area contributed by atoms with Crippen molar-refractivity contribution in [3.05, 3.63) is 0 Å². The van der Waals surface area contributed by atoms with Crippen LogP contribution in [0.4, 0.5) is 0 Å². The van der Waals surface area contributed by atoms with Crippen molar-refractivity contribution in [1.29, 1.82) is 0 Å². The highest BCUT2D eigenvalue weighted by Crippen LogP contribution is 2.19. The van der Waals surface area contributed by atoms with Gasteiger partial charge in [-0.1, -0.05) is 6.92 Å². The lowest BCUT2D eigenvalue weighted by Gasteiger charge is -2.32. The Morgan fingerprint density at radius 1 is 1.19 bits per heavy atom. The second-order valence-electron chi connectivity index (χ2n) is 6.11. The first-order valence-electron chi connectivity index (χ1n) is 8.15. The lowest BCUT2D eigenvalue weighted by atomic mass is 10.00. The molecule has 2 atom stereocenters. The Kier molecular flexibility index (Phi) is 6.88. The largest absolute Gasteiger partial charge is 0.381 e. The summed E-state index contributed by atoms with van der Waals surface area (Å²) >= 11 is 0. The standard InChI is InChI=1S/C14H29N3O3S/c1-2-15-9-13-5-3-7-17(11-13)21(18,19)16-10-14-6-4-8-20-12-14/h13-16H,2-12H2,1H3. The molecule has 21 heavy (non-hydrogen) atoms. The minimum atomic E-state index is -3.34. The maximum absolute atomic E-state index is 12.4. The first kappa shape index (κ1) is 17.1. The van der Waals surface area contributed by atoms with Crippen LogP contribution in [-0.2, 0) is 14.9 Å². The van der Waals surface area contributed by atoms with E-state index in [4.69, 9.17) is 4.74 Å². The van der Waals surface area contributed by atoms with Crippen LogP contribution in [0.1, 0.15) is 32.6 Å². The minimum Gasteiger partial charge on any atom is -0.381 e. The summed E-state index contributed by atoms with van der Waals surface area (Å²) in [5.41, 5.74) is 0. The predicted octanol–water partition coefficient (Wildman–Crippen LogP) is 0.569. The first-order valence-corrected chi connectivity index (χ1v) is 9.59. The molecule has 0 bridgehead atoms. The molecule has 2 aliphatic heterocycles. The van der Waals surface area contributed by atoms with Crippen molar-refractivity contribution in [3.63, 3.8) is 0 Å². The molecule has 6 nitrogen and oxygen atoms in total. The number of nitrogens with one attached hydrogen (secondary N) is 2. The number of piperidine rings is 1. The molecule has 0 amide bonds. The molecule has 0 radical (unpaired) electrons. The summed E-state index contributed by atoms with van der Waals surface area (Å²) in [7, 11) is -3.34. The summed E-state index contributed by atoms with van der Waals surface area (Å²) in [6, 6.07) is 0. The van der Waals surface area contributed by atoms with E-state index in [1.807, 2.05) is 0 Å². The predicted molar refractivity (Wildman–Crippen MR) is 83.3 cm³/mol. The van der Waals surface area contributed by atoms with Crippen LogP contribution in [0.3, 0.4) is 0 Å². The van der Waals surface area contributed by atoms with E-state index in [9.17, 15) is 8.42 Å². The first-order chi connectivity index (χ1) is 10.1. The highest BCUT2D eigenvalue weighted by molar-refractivity contribution is 7.87. The SMILES string of the molecule is CCNCC1CCCN(S(=O)(=O)NCC2CCCOC2)C1. The zero-order chi connectivity index (χ0) is 15.1. The molecule has 0 aliphatic carbocycles. The molecule has 7 heteroatoms. The van der Waals surface area contributed by atoms with E-state index in [1.165, 1.54) is 0 Å². The van der Waals surface area contributed by atoms with Gasteiger partial charge < -0.3 is 10.1 Å². The molecule has 2 N–H and O–H groups in total. The van der Waals surface area contributed by atoms with Crippen molar-refractivity contribution in [3.8, 4) is 0 Å². The number of ether oxygens (including phenoxy) is 1. The normalized spacial score (nSPS) is 28.6. The highest BCUT2D eigenvalue weighted by atomic mass is 32.2. The van der Waals surface area contributed by atoms with Gasteiger partial charge in [0.05, 0.1) is 6.61 Å². The van der Waals surface area contributed by atoms with Gasteiger partial charge in [-0.2, -0.15) is 12.7 Å². The van der Waals surface area contributed by atoms with E-state index in [0.29, 0.717) is 38.1 Å². The second kappa shape index (κ2) is 8.43. The van der Waals surface area contributed by atoms with Crippen LogP contribution in [0.5, 0.6) is 0 Å². The minimum absolute atomic E-state index is 0.316. The Morgan fingerprint density at radius 3 is 2.71 bits per heavy atom. The Morgan fingerprint density at radius 2 is 2.00 bits per heavy atom. The number of hydrogen-bond donors (Lipinski definition) is 2. The van der Waals surface area contributed by atoms with E-state index in [-0.39, 0.29) is 0 Å². The van der Waals surface area contributed by atoms with Gasteiger partial charge in [-0.05, 0) is 50.6 Å².